The van der Waals surface area contributed by atoms with Crippen molar-refractivity contribution in [2.75, 3.05) is 26.0 Å². The molecule has 0 atom stereocenters. The van der Waals surface area contributed by atoms with E-state index in [1.54, 1.807) is 12.1 Å². The lowest BCUT2D eigenvalue weighted by atomic mass is 10.3. The van der Waals surface area contributed by atoms with Gasteiger partial charge in [0.25, 0.3) is 0 Å². The van der Waals surface area contributed by atoms with Gasteiger partial charge in [0.05, 0.1) is 4.90 Å². The number of nitrogens with one attached hydrogen (secondary N) is 4. The summed E-state index contributed by atoms with van der Waals surface area (Å²) in [5.41, 5.74) is 6.07. The number of nitrogens with zero attached hydrogens (tertiary/aromatic N) is 1. The van der Waals surface area contributed by atoms with Crippen molar-refractivity contribution >= 4 is 50.4 Å². The summed E-state index contributed by atoms with van der Waals surface area (Å²) in [4.78, 5) is 0.185. The molecule has 0 radical (unpaired) electrons. The molecule has 0 heterocycles. The van der Waals surface area contributed by atoms with E-state index in [0.717, 1.165) is 23.7 Å². The molecule has 0 spiro atoms. The SMILES string of the molecule is CCCCNC(=S)NNC(=S)Nc1cccc(S(=O)(=O)N(C)C)c1. The normalized spacial score (nSPS) is 11.0. The topological polar surface area (TPSA) is 85.5 Å². The highest BCUT2D eigenvalue weighted by molar-refractivity contribution is 7.89. The van der Waals surface area contributed by atoms with E-state index in [1.165, 1.54) is 26.2 Å². The quantitative estimate of drug-likeness (QED) is 0.330. The molecular formula is C14H23N5O2S3. The molecule has 0 unspecified atom stereocenters. The number of thiocarbonyl (C=S) groups is 2. The van der Waals surface area contributed by atoms with Crippen LogP contribution in [0.4, 0.5) is 5.69 Å². The Kier molecular flexibility index (Phi) is 8.32. The lowest BCUT2D eigenvalue weighted by Crippen LogP contribution is -2.48. The Morgan fingerprint density at radius 1 is 1.17 bits per heavy atom. The first kappa shape index (κ1) is 20.6. The minimum absolute atomic E-state index is 0.185. The van der Waals surface area contributed by atoms with Gasteiger partial charge in [0.1, 0.15) is 0 Å². The second kappa shape index (κ2) is 9.72. The molecule has 24 heavy (non-hydrogen) atoms. The predicted molar refractivity (Wildman–Crippen MR) is 105 cm³/mol. The highest BCUT2D eigenvalue weighted by Crippen LogP contribution is 2.17. The molecule has 1 rings (SSSR count). The van der Waals surface area contributed by atoms with E-state index in [1.807, 2.05) is 0 Å². The summed E-state index contributed by atoms with van der Waals surface area (Å²) in [5.74, 6) is 0. The molecule has 134 valence electrons. The van der Waals surface area contributed by atoms with Gasteiger partial charge in [-0.1, -0.05) is 19.4 Å². The standard InChI is InChI=1S/C14H23N5O2S3/c1-4-5-9-15-13(22)17-18-14(23)16-11-7-6-8-12(10-11)24(20,21)19(2)3/h6-8,10H,4-5,9H2,1-3H3,(H2,15,17,22)(H2,16,18,23). The van der Waals surface area contributed by atoms with Crippen LogP contribution in [0.5, 0.6) is 0 Å². The Morgan fingerprint density at radius 3 is 2.46 bits per heavy atom. The first-order chi connectivity index (χ1) is 11.3. The third-order valence-electron chi connectivity index (χ3n) is 2.98. The van der Waals surface area contributed by atoms with Crippen LogP contribution in [0.3, 0.4) is 0 Å². The zero-order valence-corrected chi connectivity index (χ0v) is 16.4. The number of hydrogen-bond acceptors (Lipinski definition) is 4. The second-order valence-corrected chi connectivity index (χ2v) is 8.10. The second-order valence-electron chi connectivity index (χ2n) is 5.13. The van der Waals surface area contributed by atoms with Crippen LogP contribution >= 0.6 is 24.4 Å². The van der Waals surface area contributed by atoms with Gasteiger partial charge < -0.3 is 10.6 Å². The first-order valence-electron chi connectivity index (χ1n) is 7.40. The van der Waals surface area contributed by atoms with E-state index in [-0.39, 0.29) is 10.0 Å². The van der Waals surface area contributed by atoms with Crippen LogP contribution in [0.15, 0.2) is 29.2 Å². The predicted octanol–water partition coefficient (Wildman–Crippen LogP) is 1.40. The number of anilines is 1. The van der Waals surface area contributed by atoms with Gasteiger partial charge in [-0.15, -0.1) is 0 Å². The maximum Gasteiger partial charge on any atom is 0.242 e. The summed E-state index contributed by atoms with van der Waals surface area (Å²) < 4.78 is 25.4. The van der Waals surface area contributed by atoms with Crippen LogP contribution in [0.1, 0.15) is 19.8 Å². The van der Waals surface area contributed by atoms with E-state index in [2.05, 4.69) is 28.4 Å². The molecule has 0 aliphatic carbocycles. The van der Waals surface area contributed by atoms with Crippen molar-refractivity contribution in [2.45, 2.75) is 24.7 Å². The van der Waals surface area contributed by atoms with E-state index >= 15 is 0 Å². The van der Waals surface area contributed by atoms with E-state index < -0.39 is 10.0 Å². The number of unbranched alkanes of at least 4 members (excludes halogenated alkanes) is 1. The maximum absolute atomic E-state index is 12.1. The molecule has 0 amide bonds. The van der Waals surface area contributed by atoms with Gasteiger partial charge in [-0.2, -0.15) is 0 Å². The average molecular weight is 390 g/mol. The van der Waals surface area contributed by atoms with Crippen LogP contribution in [0.2, 0.25) is 0 Å². The number of benzene rings is 1. The summed E-state index contributed by atoms with van der Waals surface area (Å²) in [6, 6.07) is 6.41. The van der Waals surface area contributed by atoms with Crippen LogP contribution in [0.25, 0.3) is 0 Å². The van der Waals surface area contributed by atoms with Crippen molar-refractivity contribution in [3.63, 3.8) is 0 Å². The highest BCUT2D eigenvalue weighted by atomic mass is 32.2. The average Bonchev–Trinajstić information content (AvgIpc) is 2.53. The molecule has 4 N–H and O–H groups in total. The fourth-order valence-electron chi connectivity index (χ4n) is 1.64. The van der Waals surface area contributed by atoms with Crippen molar-refractivity contribution in [3.05, 3.63) is 24.3 Å². The third-order valence-corrected chi connectivity index (χ3v) is 5.24. The number of hydrogen-bond donors (Lipinski definition) is 4. The Morgan fingerprint density at radius 2 is 1.83 bits per heavy atom. The Bertz CT molecular complexity index is 677. The Balaban J connectivity index is 2.58. The van der Waals surface area contributed by atoms with E-state index in [4.69, 9.17) is 24.4 Å². The van der Waals surface area contributed by atoms with Gasteiger partial charge in [0.2, 0.25) is 10.0 Å². The molecule has 0 aliphatic heterocycles. The summed E-state index contributed by atoms with van der Waals surface area (Å²) in [5, 5.41) is 6.65. The number of sulfonamides is 1. The van der Waals surface area contributed by atoms with Crippen LogP contribution in [-0.4, -0.2) is 43.6 Å². The van der Waals surface area contributed by atoms with Gasteiger partial charge in [-0.25, -0.2) is 12.7 Å². The van der Waals surface area contributed by atoms with Crippen molar-refractivity contribution in [1.82, 2.24) is 20.5 Å². The van der Waals surface area contributed by atoms with Crippen molar-refractivity contribution in [1.29, 1.82) is 0 Å². The summed E-state index contributed by atoms with van der Waals surface area (Å²) in [7, 11) is -0.522. The molecular weight excluding hydrogens is 366 g/mol. The minimum Gasteiger partial charge on any atom is -0.361 e. The molecule has 10 heteroatoms. The van der Waals surface area contributed by atoms with Crippen LogP contribution < -0.4 is 21.5 Å². The molecule has 1 aromatic rings. The zero-order chi connectivity index (χ0) is 18.2. The lowest BCUT2D eigenvalue weighted by Gasteiger charge is -2.15. The van der Waals surface area contributed by atoms with Crippen LogP contribution in [0, 0.1) is 0 Å². The molecule has 0 fully saturated rings. The Hall–Kier alpha value is -1.49. The molecule has 1 aromatic carbocycles. The van der Waals surface area contributed by atoms with Gasteiger partial charge in [0, 0.05) is 26.3 Å². The van der Waals surface area contributed by atoms with Crippen molar-refractivity contribution in [3.8, 4) is 0 Å². The van der Waals surface area contributed by atoms with Gasteiger partial charge in [-0.05, 0) is 49.1 Å². The zero-order valence-electron chi connectivity index (χ0n) is 13.9. The van der Waals surface area contributed by atoms with Gasteiger partial charge in [0.15, 0.2) is 10.2 Å². The van der Waals surface area contributed by atoms with Gasteiger partial charge >= 0.3 is 0 Å². The first-order valence-corrected chi connectivity index (χ1v) is 9.66. The summed E-state index contributed by atoms with van der Waals surface area (Å²) >= 11 is 10.2. The largest absolute Gasteiger partial charge is 0.361 e. The molecule has 0 aliphatic rings. The smallest absolute Gasteiger partial charge is 0.242 e. The molecule has 7 nitrogen and oxygen atoms in total. The molecule has 0 bridgehead atoms. The summed E-state index contributed by atoms with van der Waals surface area (Å²) in [6.07, 6.45) is 2.10. The lowest BCUT2D eigenvalue weighted by molar-refractivity contribution is 0.521. The highest BCUT2D eigenvalue weighted by Gasteiger charge is 2.17. The van der Waals surface area contributed by atoms with Crippen molar-refractivity contribution < 1.29 is 8.42 Å². The van der Waals surface area contributed by atoms with Crippen LogP contribution in [-0.2, 0) is 10.0 Å². The van der Waals surface area contributed by atoms with Crippen molar-refractivity contribution in [2.24, 2.45) is 0 Å². The Labute approximate surface area is 154 Å². The summed E-state index contributed by atoms with van der Waals surface area (Å²) in [6.45, 7) is 2.88. The monoisotopic (exact) mass is 389 g/mol. The van der Waals surface area contributed by atoms with Gasteiger partial charge in [-0.3, -0.25) is 10.9 Å². The number of hydrazine groups is 1. The van der Waals surface area contributed by atoms with E-state index in [9.17, 15) is 8.42 Å². The molecule has 0 aromatic heterocycles. The fraction of sp³-hybridized carbons (Fsp3) is 0.429. The maximum atomic E-state index is 12.1. The molecule has 0 saturated heterocycles. The third kappa shape index (κ3) is 6.56. The molecule has 0 saturated carbocycles. The number of rotatable bonds is 6. The minimum atomic E-state index is -3.49. The fourth-order valence-corrected chi connectivity index (χ4v) is 2.91. The van der Waals surface area contributed by atoms with E-state index in [0.29, 0.717) is 10.8 Å².